The standard InChI is InChI=1S/C12H15ClF2N2O2/c13-8-3-7(9(5-16)17-6-11(14)15)4-10-12(8)19-2-1-18-10/h3-4,9,11,17H,1-2,5-6,16H2. The highest BCUT2D eigenvalue weighted by Gasteiger charge is 2.20. The van der Waals surface area contributed by atoms with Crippen LogP contribution in [-0.4, -0.2) is 32.7 Å². The van der Waals surface area contributed by atoms with Gasteiger partial charge in [0.2, 0.25) is 0 Å². The van der Waals surface area contributed by atoms with E-state index >= 15 is 0 Å². The van der Waals surface area contributed by atoms with Gasteiger partial charge in [0.05, 0.1) is 11.6 Å². The SMILES string of the molecule is NCC(NCC(F)F)c1cc(Cl)c2c(c1)OCCO2. The van der Waals surface area contributed by atoms with Gasteiger partial charge in [-0.05, 0) is 17.7 Å². The normalized spacial score (nSPS) is 15.6. The van der Waals surface area contributed by atoms with Crippen molar-refractivity contribution in [3.8, 4) is 11.5 Å². The van der Waals surface area contributed by atoms with Crippen molar-refractivity contribution in [2.75, 3.05) is 26.3 Å². The largest absolute Gasteiger partial charge is 0.486 e. The number of hydrogen-bond donors (Lipinski definition) is 2. The fourth-order valence-electron chi connectivity index (χ4n) is 1.90. The maximum Gasteiger partial charge on any atom is 0.250 e. The first-order valence-corrected chi connectivity index (χ1v) is 6.30. The topological polar surface area (TPSA) is 56.5 Å². The molecule has 1 aliphatic rings. The van der Waals surface area contributed by atoms with Crippen LogP contribution in [0.5, 0.6) is 11.5 Å². The smallest absolute Gasteiger partial charge is 0.250 e. The Kier molecular flexibility index (Phi) is 4.79. The molecule has 0 radical (unpaired) electrons. The van der Waals surface area contributed by atoms with Crippen molar-refractivity contribution in [2.24, 2.45) is 5.73 Å². The summed E-state index contributed by atoms with van der Waals surface area (Å²) < 4.78 is 35.3. The van der Waals surface area contributed by atoms with Gasteiger partial charge in [0.15, 0.2) is 11.5 Å². The lowest BCUT2D eigenvalue weighted by Gasteiger charge is -2.23. The fraction of sp³-hybridized carbons (Fsp3) is 0.500. The minimum atomic E-state index is -2.43. The zero-order chi connectivity index (χ0) is 13.8. The number of benzene rings is 1. The maximum absolute atomic E-state index is 12.2. The molecule has 1 unspecified atom stereocenters. The van der Waals surface area contributed by atoms with Gasteiger partial charge in [-0.15, -0.1) is 0 Å². The van der Waals surface area contributed by atoms with Crippen LogP contribution in [0.2, 0.25) is 5.02 Å². The van der Waals surface area contributed by atoms with E-state index in [0.29, 0.717) is 35.3 Å². The minimum absolute atomic E-state index is 0.183. The second kappa shape index (κ2) is 6.36. The number of alkyl halides is 2. The fourth-order valence-corrected chi connectivity index (χ4v) is 2.17. The van der Waals surface area contributed by atoms with Crippen molar-refractivity contribution in [1.82, 2.24) is 5.32 Å². The highest BCUT2D eigenvalue weighted by Crippen LogP contribution is 2.39. The molecular formula is C12H15ClF2N2O2. The van der Waals surface area contributed by atoms with Crippen molar-refractivity contribution in [3.05, 3.63) is 22.7 Å². The third-order valence-electron chi connectivity index (χ3n) is 2.78. The number of fused-ring (bicyclic) bond motifs is 1. The van der Waals surface area contributed by atoms with Crippen molar-refractivity contribution >= 4 is 11.6 Å². The molecule has 106 valence electrons. The summed E-state index contributed by atoms with van der Waals surface area (Å²) in [6.07, 6.45) is -2.43. The number of nitrogens with two attached hydrogens (primary N) is 1. The van der Waals surface area contributed by atoms with Crippen LogP contribution in [0.1, 0.15) is 11.6 Å². The van der Waals surface area contributed by atoms with E-state index in [-0.39, 0.29) is 6.54 Å². The zero-order valence-electron chi connectivity index (χ0n) is 10.2. The molecule has 0 amide bonds. The Bertz CT molecular complexity index is 446. The van der Waals surface area contributed by atoms with E-state index in [2.05, 4.69) is 5.32 Å². The van der Waals surface area contributed by atoms with Crippen LogP contribution in [0.4, 0.5) is 8.78 Å². The third kappa shape index (κ3) is 3.46. The summed E-state index contributed by atoms with van der Waals surface area (Å²) in [6.45, 7) is 0.636. The lowest BCUT2D eigenvalue weighted by molar-refractivity contribution is 0.141. The maximum atomic E-state index is 12.2. The van der Waals surface area contributed by atoms with Gasteiger partial charge in [-0.3, -0.25) is 0 Å². The molecule has 1 aromatic rings. The highest BCUT2D eigenvalue weighted by molar-refractivity contribution is 6.32. The molecule has 1 heterocycles. The van der Waals surface area contributed by atoms with Crippen LogP contribution in [0.3, 0.4) is 0 Å². The number of ether oxygens (including phenoxy) is 2. The Morgan fingerprint density at radius 3 is 2.74 bits per heavy atom. The van der Waals surface area contributed by atoms with E-state index in [4.69, 9.17) is 26.8 Å². The predicted octanol–water partition coefficient (Wildman–Crippen LogP) is 1.97. The number of hydrogen-bond acceptors (Lipinski definition) is 4. The van der Waals surface area contributed by atoms with Gasteiger partial charge in [-0.1, -0.05) is 11.6 Å². The van der Waals surface area contributed by atoms with Crippen molar-refractivity contribution in [3.63, 3.8) is 0 Å². The Morgan fingerprint density at radius 2 is 2.05 bits per heavy atom. The molecule has 0 aromatic heterocycles. The van der Waals surface area contributed by atoms with Gasteiger partial charge in [0.1, 0.15) is 13.2 Å². The van der Waals surface area contributed by atoms with Crippen molar-refractivity contribution in [1.29, 1.82) is 0 Å². The highest BCUT2D eigenvalue weighted by atomic mass is 35.5. The summed E-state index contributed by atoms with van der Waals surface area (Å²) in [5.74, 6) is 1.01. The van der Waals surface area contributed by atoms with Crippen LogP contribution in [-0.2, 0) is 0 Å². The van der Waals surface area contributed by atoms with Crippen LogP contribution < -0.4 is 20.5 Å². The zero-order valence-corrected chi connectivity index (χ0v) is 10.9. The molecule has 0 spiro atoms. The summed E-state index contributed by atoms with van der Waals surface area (Å²) in [6, 6.07) is 2.98. The second-order valence-electron chi connectivity index (χ2n) is 4.11. The van der Waals surface area contributed by atoms with Gasteiger partial charge in [0.25, 0.3) is 6.43 Å². The molecule has 0 fully saturated rings. The summed E-state index contributed by atoms with van der Waals surface area (Å²) in [4.78, 5) is 0. The van der Waals surface area contributed by atoms with Gasteiger partial charge >= 0.3 is 0 Å². The first-order valence-electron chi connectivity index (χ1n) is 5.92. The summed E-state index contributed by atoms with van der Waals surface area (Å²) in [7, 11) is 0. The summed E-state index contributed by atoms with van der Waals surface area (Å²) >= 11 is 6.09. The molecule has 0 aliphatic carbocycles. The lowest BCUT2D eigenvalue weighted by atomic mass is 10.1. The van der Waals surface area contributed by atoms with Crippen LogP contribution in [0, 0.1) is 0 Å². The van der Waals surface area contributed by atoms with Gasteiger partial charge in [-0.25, -0.2) is 8.78 Å². The molecule has 1 aromatic carbocycles. The monoisotopic (exact) mass is 292 g/mol. The average molecular weight is 293 g/mol. The summed E-state index contributed by atoms with van der Waals surface area (Å²) in [5, 5.41) is 3.08. The van der Waals surface area contributed by atoms with E-state index in [1.165, 1.54) is 0 Å². The third-order valence-corrected chi connectivity index (χ3v) is 3.06. The Morgan fingerprint density at radius 1 is 1.32 bits per heavy atom. The molecule has 1 aliphatic heterocycles. The Balaban J connectivity index is 2.20. The van der Waals surface area contributed by atoms with Gasteiger partial charge < -0.3 is 20.5 Å². The molecule has 0 bridgehead atoms. The number of nitrogens with one attached hydrogen (secondary N) is 1. The van der Waals surface area contributed by atoms with E-state index in [0.717, 1.165) is 0 Å². The number of rotatable bonds is 5. The molecule has 19 heavy (non-hydrogen) atoms. The molecule has 3 N–H and O–H groups in total. The Labute approximate surface area is 114 Å². The van der Waals surface area contributed by atoms with Crippen molar-refractivity contribution in [2.45, 2.75) is 12.5 Å². The second-order valence-corrected chi connectivity index (χ2v) is 4.52. The van der Waals surface area contributed by atoms with Gasteiger partial charge in [0, 0.05) is 12.6 Å². The van der Waals surface area contributed by atoms with Crippen LogP contribution >= 0.6 is 11.6 Å². The van der Waals surface area contributed by atoms with Crippen LogP contribution in [0.25, 0.3) is 0 Å². The van der Waals surface area contributed by atoms with E-state index < -0.39 is 19.0 Å². The first-order chi connectivity index (χ1) is 9.11. The predicted molar refractivity (Wildman–Crippen MR) is 68.2 cm³/mol. The van der Waals surface area contributed by atoms with Gasteiger partial charge in [-0.2, -0.15) is 0 Å². The Hall–Kier alpha value is -1.11. The first kappa shape index (κ1) is 14.3. The summed E-state index contributed by atoms with van der Waals surface area (Å²) in [5.41, 5.74) is 6.30. The molecule has 0 saturated carbocycles. The van der Waals surface area contributed by atoms with E-state index in [9.17, 15) is 8.78 Å². The lowest BCUT2D eigenvalue weighted by Crippen LogP contribution is -2.32. The minimum Gasteiger partial charge on any atom is -0.486 e. The molecular weight excluding hydrogens is 278 g/mol. The molecule has 1 atom stereocenters. The molecule has 4 nitrogen and oxygen atoms in total. The van der Waals surface area contributed by atoms with Crippen molar-refractivity contribution < 1.29 is 18.3 Å². The van der Waals surface area contributed by atoms with E-state index in [1.807, 2.05) is 0 Å². The molecule has 0 saturated heterocycles. The average Bonchev–Trinajstić information content (AvgIpc) is 2.39. The van der Waals surface area contributed by atoms with Crippen LogP contribution in [0.15, 0.2) is 12.1 Å². The number of halogens is 3. The molecule has 7 heteroatoms. The quantitative estimate of drug-likeness (QED) is 0.871. The molecule has 2 rings (SSSR count). The van der Waals surface area contributed by atoms with E-state index in [1.54, 1.807) is 12.1 Å².